The van der Waals surface area contributed by atoms with Crippen LogP contribution in [0.4, 0.5) is 0 Å². The Labute approximate surface area is 199 Å². The standard InChI is InChI=1S/C25H22N2O6S/c1-13-22(14(2)28)23(17-7-6-16(30-3)11-19(17)31-4)27-24(29)21(34-25(27)26-13)10-15-5-8-18-20(9-15)33-12-32-18/h5-11,23H,12H2,1-4H3/b21-10+/t23-/m1/s1. The summed E-state index contributed by atoms with van der Waals surface area (Å²) in [5, 5.41) is 0. The first-order valence-corrected chi connectivity index (χ1v) is 11.4. The van der Waals surface area contributed by atoms with Crippen molar-refractivity contribution in [2.75, 3.05) is 21.0 Å². The van der Waals surface area contributed by atoms with Crippen LogP contribution in [0.5, 0.6) is 23.0 Å². The molecule has 2 aliphatic heterocycles. The van der Waals surface area contributed by atoms with Gasteiger partial charge in [0.15, 0.2) is 22.1 Å². The first-order valence-electron chi connectivity index (χ1n) is 10.6. The van der Waals surface area contributed by atoms with E-state index in [4.69, 9.17) is 18.9 Å². The lowest BCUT2D eigenvalue weighted by atomic mass is 9.92. The number of benzene rings is 2. The van der Waals surface area contributed by atoms with Crippen LogP contribution >= 0.6 is 11.3 Å². The van der Waals surface area contributed by atoms with Gasteiger partial charge in [-0.1, -0.05) is 17.4 Å². The Morgan fingerprint density at radius 2 is 1.94 bits per heavy atom. The van der Waals surface area contributed by atoms with Gasteiger partial charge in [-0.05, 0) is 49.8 Å². The fourth-order valence-electron chi connectivity index (χ4n) is 4.26. The highest BCUT2D eigenvalue weighted by molar-refractivity contribution is 7.07. The number of thiazole rings is 1. The van der Waals surface area contributed by atoms with Crippen LogP contribution < -0.4 is 33.8 Å². The molecule has 0 bridgehead atoms. The average molecular weight is 479 g/mol. The number of nitrogens with zero attached hydrogens (tertiary/aromatic N) is 2. The number of allylic oxidation sites excluding steroid dienone is 2. The molecule has 0 saturated heterocycles. The quantitative estimate of drug-likeness (QED) is 0.560. The minimum absolute atomic E-state index is 0.158. The maximum Gasteiger partial charge on any atom is 0.271 e. The molecule has 3 aromatic rings. The average Bonchev–Trinajstić information content (AvgIpc) is 3.41. The summed E-state index contributed by atoms with van der Waals surface area (Å²) >= 11 is 1.27. The maximum atomic E-state index is 13.7. The second-order valence-corrected chi connectivity index (χ2v) is 8.87. The van der Waals surface area contributed by atoms with Gasteiger partial charge in [-0.3, -0.25) is 14.2 Å². The molecule has 0 aliphatic carbocycles. The van der Waals surface area contributed by atoms with E-state index in [1.165, 1.54) is 18.3 Å². The van der Waals surface area contributed by atoms with Crippen molar-refractivity contribution in [2.24, 2.45) is 4.99 Å². The van der Waals surface area contributed by atoms with E-state index in [2.05, 4.69) is 4.99 Å². The van der Waals surface area contributed by atoms with Crippen molar-refractivity contribution in [1.29, 1.82) is 0 Å². The van der Waals surface area contributed by atoms with E-state index in [1.54, 1.807) is 43.9 Å². The zero-order valence-electron chi connectivity index (χ0n) is 19.1. The number of carbonyl (C=O) groups excluding carboxylic acids is 1. The molecular weight excluding hydrogens is 456 g/mol. The summed E-state index contributed by atoms with van der Waals surface area (Å²) in [5.74, 6) is 2.28. The van der Waals surface area contributed by atoms with Crippen molar-refractivity contribution in [1.82, 2.24) is 4.57 Å². The molecule has 1 atom stereocenters. The second kappa shape index (κ2) is 8.49. The van der Waals surface area contributed by atoms with Crippen molar-refractivity contribution in [3.8, 4) is 23.0 Å². The number of ether oxygens (including phenoxy) is 4. The molecule has 8 nitrogen and oxygen atoms in total. The predicted octanol–water partition coefficient (Wildman–Crippen LogP) is 2.57. The molecule has 0 saturated carbocycles. The van der Waals surface area contributed by atoms with E-state index in [-0.39, 0.29) is 18.1 Å². The lowest BCUT2D eigenvalue weighted by Gasteiger charge is -2.26. The molecule has 174 valence electrons. The molecule has 0 N–H and O–H groups in total. The Bertz CT molecular complexity index is 1530. The maximum absolute atomic E-state index is 13.7. The highest BCUT2D eigenvalue weighted by Crippen LogP contribution is 2.37. The van der Waals surface area contributed by atoms with Gasteiger partial charge in [0, 0.05) is 22.9 Å². The first kappa shape index (κ1) is 22.0. The number of carbonyl (C=O) groups is 1. The molecule has 0 spiro atoms. The third-order valence-electron chi connectivity index (χ3n) is 5.83. The zero-order chi connectivity index (χ0) is 24.0. The normalized spacial score (nSPS) is 16.8. The number of hydrogen-bond acceptors (Lipinski definition) is 8. The number of fused-ring (bicyclic) bond motifs is 2. The molecule has 34 heavy (non-hydrogen) atoms. The molecule has 9 heteroatoms. The Hall–Kier alpha value is -3.85. The van der Waals surface area contributed by atoms with E-state index >= 15 is 0 Å². The number of aromatic nitrogens is 1. The van der Waals surface area contributed by atoms with Crippen LogP contribution in [0.15, 0.2) is 57.5 Å². The van der Waals surface area contributed by atoms with Gasteiger partial charge in [0.25, 0.3) is 5.56 Å². The van der Waals surface area contributed by atoms with Crippen LogP contribution in [0.2, 0.25) is 0 Å². The van der Waals surface area contributed by atoms with Gasteiger partial charge in [-0.2, -0.15) is 0 Å². The Morgan fingerprint density at radius 1 is 1.15 bits per heavy atom. The lowest BCUT2D eigenvalue weighted by molar-refractivity contribution is -0.114. The molecule has 0 radical (unpaired) electrons. The molecular formula is C25H22N2O6S. The fraction of sp³-hybridized carbons (Fsp3) is 0.240. The number of rotatable bonds is 5. The number of hydrogen-bond donors (Lipinski definition) is 0. The van der Waals surface area contributed by atoms with Crippen LogP contribution in [-0.4, -0.2) is 31.4 Å². The Balaban J connectivity index is 1.73. The predicted molar refractivity (Wildman–Crippen MR) is 127 cm³/mol. The lowest BCUT2D eigenvalue weighted by Crippen LogP contribution is -2.39. The SMILES string of the molecule is COc1ccc([C@@H]2C(C(C)=O)=C(C)N=c3s/c(=C/c4ccc5c(c4)OCO5)c(=O)n32)c(OC)c1. The van der Waals surface area contributed by atoms with E-state index < -0.39 is 6.04 Å². The van der Waals surface area contributed by atoms with Gasteiger partial charge >= 0.3 is 0 Å². The second-order valence-electron chi connectivity index (χ2n) is 7.86. The Morgan fingerprint density at radius 3 is 2.68 bits per heavy atom. The summed E-state index contributed by atoms with van der Waals surface area (Å²) < 4.78 is 23.8. The van der Waals surface area contributed by atoms with Crippen LogP contribution in [0.1, 0.15) is 31.0 Å². The molecule has 0 fully saturated rings. The van der Waals surface area contributed by atoms with Gasteiger partial charge in [0.2, 0.25) is 6.79 Å². The van der Waals surface area contributed by atoms with Crippen LogP contribution in [0, 0.1) is 0 Å². The minimum Gasteiger partial charge on any atom is -0.497 e. The third kappa shape index (κ3) is 3.58. The third-order valence-corrected chi connectivity index (χ3v) is 6.81. The topological polar surface area (TPSA) is 88.4 Å². The fourth-order valence-corrected chi connectivity index (χ4v) is 5.31. The molecule has 2 aromatic carbocycles. The summed E-state index contributed by atoms with van der Waals surface area (Å²) in [4.78, 5) is 31.5. The zero-order valence-corrected chi connectivity index (χ0v) is 19.9. The smallest absolute Gasteiger partial charge is 0.271 e. The molecule has 1 aromatic heterocycles. The van der Waals surface area contributed by atoms with Gasteiger partial charge < -0.3 is 18.9 Å². The molecule has 5 rings (SSSR count). The van der Waals surface area contributed by atoms with E-state index in [1.807, 2.05) is 24.3 Å². The molecule has 2 aliphatic rings. The summed E-state index contributed by atoms with van der Waals surface area (Å²) in [5.41, 5.74) is 2.27. The highest BCUT2D eigenvalue weighted by atomic mass is 32.1. The first-order chi connectivity index (χ1) is 16.4. The summed E-state index contributed by atoms with van der Waals surface area (Å²) in [7, 11) is 3.12. The van der Waals surface area contributed by atoms with E-state index in [9.17, 15) is 9.59 Å². The summed E-state index contributed by atoms with van der Waals surface area (Å²) in [6.07, 6.45) is 1.79. The number of Topliss-reactive ketones (excluding diaryl/α,β-unsaturated/α-hetero) is 1. The van der Waals surface area contributed by atoms with Crippen LogP contribution in [0.3, 0.4) is 0 Å². The van der Waals surface area contributed by atoms with Gasteiger partial charge in [-0.25, -0.2) is 4.99 Å². The van der Waals surface area contributed by atoms with Gasteiger partial charge in [0.1, 0.15) is 11.5 Å². The van der Waals surface area contributed by atoms with Gasteiger partial charge in [0.05, 0.1) is 24.8 Å². The van der Waals surface area contributed by atoms with Crippen molar-refractivity contribution in [3.05, 3.63) is 78.5 Å². The molecule has 0 amide bonds. The van der Waals surface area contributed by atoms with Crippen molar-refractivity contribution in [2.45, 2.75) is 19.9 Å². The largest absolute Gasteiger partial charge is 0.497 e. The van der Waals surface area contributed by atoms with Crippen molar-refractivity contribution in [3.63, 3.8) is 0 Å². The van der Waals surface area contributed by atoms with Crippen molar-refractivity contribution < 1.29 is 23.7 Å². The van der Waals surface area contributed by atoms with Crippen molar-refractivity contribution >= 4 is 23.2 Å². The van der Waals surface area contributed by atoms with E-state index in [0.29, 0.717) is 49.2 Å². The van der Waals surface area contributed by atoms with Crippen LogP contribution in [0.25, 0.3) is 6.08 Å². The molecule has 0 unspecified atom stereocenters. The monoisotopic (exact) mass is 478 g/mol. The van der Waals surface area contributed by atoms with Crippen LogP contribution in [-0.2, 0) is 4.79 Å². The summed E-state index contributed by atoms with van der Waals surface area (Å²) in [6.45, 7) is 3.45. The van der Waals surface area contributed by atoms with E-state index in [0.717, 1.165) is 5.56 Å². The number of methoxy groups -OCH3 is 2. The highest BCUT2D eigenvalue weighted by Gasteiger charge is 2.32. The molecule has 3 heterocycles. The minimum atomic E-state index is -0.673. The van der Waals surface area contributed by atoms with Gasteiger partial charge in [-0.15, -0.1) is 0 Å². The summed E-state index contributed by atoms with van der Waals surface area (Å²) in [6, 6.07) is 10.2. The number of ketones is 1. The Kier molecular flexibility index (Phi) is 5.49.